The molecule has 3 aromatic carbocycles. The van der Waals surface area contributed by atoms with Crippen LogP contribution < -0.4 is 9.47 Å². The van der Waals surface area contributed by atoms with E-state index in [-0.39, 0.29) is 18.0 Å². The summed E-state index contributed by atoms with van der Waals surface area (Å²) in [5.74, 6) is 1.77. The van der Waals surface area contributed by atoms with Gasteiger partial charge in [0.1, 0.15) is 17.2 Å². The van der Waals surface area contributed by atoms with E-state index in [1.165, 1.54) is 5.56 Å². The predicted octanol–water partition coefficient (Wildman–Crippen LogP) is 4.95. The molecule has 2 heterocycles. The number of aryl methyl sites for hydroxylation is 1. The van der Waals surface area contributed by atoms with Crippen molar-refractivity contribution in [2.24, 2.45) is 5.10 Å². The molecule has 2 aliphatic rings. The highest BCUT2D eigenvalue weighted by atomic mass is 16.5. The topological polar surface area (TPSA) is 54.3 Å². The molecule has 5 heteroatoms. The van der Waals surface area contributed by atoms with E-state index in [2.05, 4.69) is 37.3 Å². The van der Waals surface area contributed by atoms with Crippen LogP contribution in [0.15, 0.2) is 71.8 Å². The summed E-state index contributed by atoms with van der Waals surface area (Å²) < 4.78 is 11.7. The first-order valence-corrected chi connectivity index (χ1v) is 9.69. The zero-order chi connectivity index (χ0) is 20.0. The Morgan fingerprint density at radius 3 is 2.66 bits per heavy atom. The highest BCUT2D eigenvalue weighted by Gasteiger charge is 2.41. The van der Waals surface area contributed by atoms with Gasteiger partial charge in [-0.1, -0.05) is 48.0 Å². The maximum atomic E-state index is 10.4. The van der Waals surface area contributed by atoms with Crippen LogP contribution in [0.5, 0.6) is 17.2 Å². The Labute approximate surface area is 169 Å². The average molecular weight is 386 g/mol. The molecule has 0 amide bonds. The lowest BCUT2D eigenvalue weighted by Gasteiger charge is -2.38. The average Bonchev–Trinajstić information content (AvgIpc) is 3.20. The molecule has 29 heavy (non-hydrogen) atoms. The standard InChI is InChI=1S/C24H22N2O3/c1-15-7-9-16(10-8-15)24-26-21(18-5-3-4-6-23(18)29-24)14-20(25-26)19-13-17(28-2)11-12-22(19)27/h3-13,21,24,27H,14H2,1-2H3/t21-,24-/m1/s1. The fourth-order valence-electron chi connectivity index (χ4n) is 4.02. The van der Waals surface area contributed by atoms with E-state index >= 15 is 0 Å². The molecule has 3 aromatic rings. The molecule has 2 aliphatic heterocycles. The van der Waals surface area contributed by atoms with Gasteiger partial charge in [0.05, 0.1) is 18.9 Å². The second-order valence-electron chi connectivity index (χ2n) is 7.45. The van der Waals surface area contributed by atoms with Crippen LogP contribution in [0.3, 0.4) is 0 Å². The first-order valence-electron chi connectivity index (χ1n) is 9.69. The minimum Gasteiger partial charge on any atom is -0.507 e. The summed E-state index contributed by atoms with van der Waals surface area (Å²) in [5, 5.41) is 17.4. The second-order valence-corrected chi connectivity index (χ2v) is 7.45. The van der Waals surface area contributed by atoms with Gasteiger partial charge in [-0.3, -0.25) is 0 Å². The Hall–Kier alpha value is -3.47. The van der Waals surface area contributed by atoms with Crippen LogP contribution in [-0.2, 0) is 0 Å². The Bertz CT molecular complexity index is 1090. The fourth-order valence-corrected chi connectivity index (χ4v) is 4.02. The third-order valence-electron chi connectivity index (χ3n) is 5.58. The molecule has 5 rings (SSSR count). The molecule has 0 saturated carbocycles. The van der Waals surface area contributed by atoms with Gasteiger partial charge < -0.3 is 14.6 Å². The summed E-state index contributed by atoms with van der Waals surface area (Å²) in [4.78, 5) is 0. The Kier molecular flexibility index (Phi) is 4.16. The molecule has 0 unspecified atom stereocenters. The lowest BCUT2D eigenvalue weighted by atomic mass is 9.95. The molecule has 0 aromatic heterocycles. The van der Waals surface area contributed by atoms with Crippen LogP contribution >= 0.6 is 0 Å². The largest absolute Gasteiger partial charge is 0.507 e. The maximum absolute atomic E-state index is 10.4. The summed E-state index contributed by atoms with van der Waals surface area (Å²) in [6.45, 7) is 2.07. The third-order valence-corrected chi connectivity index (χ3v) is 5.58. The van der Waals surface area contributed by atoms with Crippen molar-refractivity contribution in [3.8, 4) is 17.2 Å². The maximum Gasteiger partial charge on any atom is 0.213 e. The van der Waals surface area contributed by atoms with Gasteiger partial charge in [0.2, 0.25) is 6.23 Å². The van der Waals surface area contributed by atoms with E-state index < -0.39 is 0 Å². The summed E-state index contributed by atoms with van der Waals surface area (Å²) in [6, 6.07) is 21.7. The number of ether oxygens (including phenoxy) is 2. The molecule has 146 valence electrons. The molecule has 0 spiro atoms. The SMILES string of the molecule is COc1ccc(O)c(C2=NN3[C@H](C2)c2ccccc2O[C@@H]3c2ccc(C)cc2)c1. The smallest absolute Gasteiger partial charge is 0.213 e. The molecular weight excluding hydrogens is 364 g/mol. The normalized spacial score (nSPS) is 19.8. The number of aromatic hydroxyl groups is 1. The molecule has 5 nitrogen and oxygen atoms in total. The van der Waals surface area contributed by atoms with Gasteiger partial charge in [-0.15, -0.1) is 0 Å². The van der Waals surface area contributed by atoms with Crippen LogP contribution in [0.2, 0.25) is 0 Å². The number of nitrogens with zero attached hydrogens (tertiary/aromatic N) is 2. The van der Waals surface area contributed by atoms with Crippen molar-refractivity contribution >= 4 is 5.71 Å². The number of phenolic OH excluding ortho intramolecular Hbond substituents is 1. The van der Waals surface area contributed by atoms with Gasteiger partial charge in [0.15, 0.2) is 0 Å². The van der Waals surface area contributed by atoms with Gasteiger partial charge in [-0.2, -0.15) is 5.10 Å². The molecule has 0 fully saturated rings. The van der Waals surface area contributed by atoms with Gasteiger partial charge >= 0.3 is 0 Å². The first kappa shape index (κ1) is 17.6. The quantitative estimate of drug-likeness (QED) is 0.692. The van der Waals surface area contributed by atoms with Crippen molar-refractivity contribution in [1.29, 1.82) is 0 Å². The number of para-hydroxylation sites is 1. The number of rotatable bonds is 3. The Morgan fingerprint density at radius 1 is 1.07 bits per heavy atom. The van der Waals surface area contributed by atoms with Crippen LogP contribution in [0.25, 0.3) is 0 Å². The first-order chi connectivity index (χ1) is 14.1. The molecule has 2 atom stereocenters. The monoisotopic (exact) mass is 386 g/mol. The third kappa shape index (κ3) is 2.99. The number of methoxy groups -OCH3 is 1. The number of benzene rings is 3. The molecule has 0 radical (unpaired) electrons. The lowest BCUT2D eigenvalue weighted by molar-refractivity contribution is -0.0190. The van der Waals surface area contributed by atoms with E-state index in [1.54, 1.807) is 19.2 Å². The number of phenols is 1. The van der Waals surface area contributed by atoms with Crippen molar-refractivity contribution in [2.45, 2.75) is 25.6 Å². The summed E-state index contributed by atoms with van der Waals surface area (Å²) in [6.07, 6.45) is 0.365. The predicted molar refractivity (Wildman–Crippen MR) is 111 cm³/mol. The lowest BCUT2D eigenvalue weighted by Crippen LogP contribution is -2.33. The van der Waals surface area contributed by atoms with Crippen molar-refractivity contribution in [3.05, 3.63) is 89.0 Å². The Balaban J connectivity index is 1.60. The van der Waals surface area contributed by atoms with E-state index in [1.807, 2.05) is 29.3 Å². The van der Waals surface area contributed by atoms with E-state index in [0.29, 0.717) is 17.7 Å². The van der Waals surface area contributed by atoms with Crippen molar-refractivity contribution < 1.29 is 14.6 Å². The van der Waals surface area contributed by atoms with Gasteiger partial charge in [-0.25, -0.2) is 5.01 Å². The molecular formula is C24H22N2O3. The zero-order valence-corrected chi connectivity index (χ0v) is 16.4. The van der Waals surface area contributed by atoms with Crippen LogP contribution in [0.4, 0.5) is 0 Å². The Morgan fingerprint density at radius 2 is 1.86 bits per heavy atom. The molecule has 0 saturated heterocycles. The minimum atomic E-state index is -0.319. The fraction of sp³-hybridized carbons (Fsp3) is 0.208. The van der Waals surface area contributed by atoms with E-state index in [4.69, 9.17) is 14.6 Å². The van der Waals surface area contributed by atoms with Crippen molar-refractivity contribution in [1.82, 2.24) is 5.01 Å². The van der Waals surface area contributed by atoms with Gasteiger partial charge in [0, 0.05) is 23.1 Å². The van der Waals surface area contributed by atoms with E-state index in [9.17, 15) is 5.11 Å². The summed E-state index contributed by atoms with van der Waals surface area (Å²) in [7, 11) is 1.62. The molecule has 0 bridgehead atoms. The van der Waals surface area contributed by atoms with Crippen LogP contribution in [0.1, 0.15) is 40.9 Å². The summed E-state index contributed by atoms with van der Waals surface area (Å²) >= 11 is 0. The number of hydrogen-bond donors (Lipinski definition) is 1. The number of fused-ring (bicyclic) bond motifs is 3. The number of hydrogen-bond acceptors (Lipinski definition) is 5. The van der Waals surface area contributed by atoms with Crippen LogP contribution in [0, 0.1) is 6.92 Å². The van der Waals surface area contributed by atoms with Crippen LogP contribution in [-0.4, -0.2) is 22.9 Å². The van der Waals surface area contributed by atoms with Crippen molar-refractivity contribution in [3.63, 3.8) is 0 Å². The van der Waals surface area contributed by atoms with Crippen molar-refractivity contribution in [2.75, 3.05) is 7.11 Å². The highest BCUT2D eigenvalue weighted by Crippen LogP contribution is 2.48. The molecule has 1 N–H and O–H groups in total. The summed E-state index contributed by atoms with van der Waals surface area (Å²) in [5.41, 5.74) is 4.88. The van der Waals surface area contributed by atoms with Gasteiger partial charge in [-0.05, 0) is 31.2 Å². The van der Waals surface area contributed by atoms with Gasteiger partial charge in [0.25, 0.3) is 0 Å². The minimum absolute atomic E-state index is 0.0480. The highest BCUT2D eigenvalue weighted by molar-refractivity contribution is 6.04. The number of hydrazone groups is 1. The second kappa shape index (κ2) is 6.85. The molecule has 0 aliphatic carbocycles. The van der Waals surface area contributed by atoms with E-state index in [0.717, 1.165) is 22.6 Å². The zero-order valence-electron chi connectivity index (χ0n) is 16.4.